The first kappa shape index (κ1) is 22.4. The lowest BCUT2D eigenvalue weighted by Crippen LogP contribution is -2.62. The van der Waals surface area contributed by atoms with Crippen molar-refractivity contribution in [2.45, 2.75) is 12.0 Å². The van der Waals surface area contributed by atoms with E-state index < -0.39 is 5.60 Å². The van der Waals surface area contributed by atoms with Crippen LogP contribution >= 0.6 is 0 Å². The van der Waals surface area contributed by atoms with Gasteiger partial charge in [0.25, 0.3) is 11.8 Å². The summed E-state index contributed by atoms with van der Waals surface area (Å²) in [5.74, 6) is -0.472. The fraction of sp³-hybridized carbons (Fsp3) is 0.222. The van der Waals surface area contributed by atoms with E-state index in [0.29, 0.717) is 25.2 Å². The molecule has 2 amide bonds. The van der Waals surface area contributed by atoms with Crippen molar-refractivity contribution in [1.29, 1.82) is 0 Å². The van der Waals surface area contributed by atoms with Crippen molar-refractivity contribution in [3.63, 3.8) is 0 Å². The Morgan fingerprint density at radius 1 is 1.06 bits per heavy atom. The van der Waals surface area contributed by atoms with Crippen LogP contribution in [0.25, 0.3) is 11.1 Å². The lowest BCUT2D eigenvalue weighted by Gasteiger charge is -2.41. The minimum Gasteiger partial charge on any atom is -0.361 e. The van der Waals surface area contributed by atoms with E-state index in [2.05, 4.69) is 16.9 Å². The number of hydrogen-bond acceptors (Lipinski definition) is 4. The number of morpholine rings is 1. The van der Waals surface area contributed by atoms with Gasteiger partial charge in [-0.25, -0.2) is 0 Å². The Morgan fingerprint density at radius 3 is 2.58 bits per heavy atom. The molecule has 168 valence electrons. The molecule has 0 unspecified atom stereocenters. The fourth-order valence-corrected chi connectivity index (χ4v) is 4.14. The first-order chi connectivity index (χ1) is 16.1. The molecule has 1 aliphatic heterocycles. The van der Waals surface area contributed by atoms with Crippen LogP contribution in [0.2, 0.25) is 0 Å². The molecule has 0 radical (unpaired) electrons. The molecular weight excluding hydrogens is 414 g/mol. The van der Waals surface area contributed by atoms with Crippen LogP contribution in [0.3, 0.4) is 0 Å². The maximum atomic E-state index is 13.4. The van der Waals surface area contributed by atoms with Gasteiger partial charge >= 0.3 is 0 Å². The number of benzene rings is 2. The highest BCUT2D eigenvalue weighted by Gasteiger charge is 2.45. The van der Waals surface area contributed by atoms with Crippen LogP contribution in [0.15, 0.2) is 91.6 Å². The molecule has 1 N–H and O–H groups in total. The predicted octanol–water partition coefficient (Wildman–Crippen LogP) is 3.50. The normalized spacial score (nSPS) is 17.9. The van der Waals surface area contributed by atoms with Gasteiger partial charge in [0.2, 0.25) is 0 Å². The largest absolute Gasteiger partial charge is 0.361 e. The van der Waals surface area contributed by atoms with Crippen molar-refractivity contribution in [3.8, 4) is 11.1 Å². The van der Waals surface area contributed by atoms with Crippen molar-refractivity contribution in [2.24, 2.45) is 0 Å². The molecule has 1 saturated heterocycles. The summed E-state index contributed by atoms with van der Waals surface area (Å²) in [4.78, 5) is 32.4. The summed E-state index contributed by atoms with van der Waals surface area (Å²) in [7, 11) is 0. The molecule has 1 fully saturated rings. The number of rotatable bonds is 7. The zero-order chi connectivity index (χ0) is 23.1. The van der Waals surface area contributed by atoms with E-state index in [1.165, 1.54) is 0 Å². The van der Waals surface area contributed by atoms with Crippen LogP contribution < -0.4 is 5.32 Å². The van der Waals surface area contributed by atoms with Crippen LogP contribution in [0.4, 0.5) is 0 Å². The average molecular weight is 442 g/mol. The molecule has 0 spiro atoms. The second kappa shape index (κ2) is 10.2. The number of hydrogen-bond donors (Lipinski definition) is 1. The Hall–Kier alpha value is -3.77. The van der Waals surface area contributed by atoms with Gasteiger partial charge in [0.1, 0.15) is 5.69 Å². The number of nitrogens with one attached hydrogen (secondary N) is 1. The van der Waals surface area contributed by atoms with Crippen LogP contribution in [0.1, 0.15) is 16.1 Å². The van der Waals surface area contributed by atoms with Gasteiger partial charge in [0, 0.05) is 25.7 Å². The number of pyridine rings is 1. The van der Waals surface area contributed by atoms with Gasteiger partial charge in [-0.05, 0) is 28.8 Å². The summed E-state index contributed by atoms with van der Waals surface area (Å²) in [6.07, 6.45) is 3.55. The molecule has 0 saturated carbocycles. The quantitative estimate of drug-likeness (QED) is 0.570. The van der Waals surface area contributed by atoms with Gasteiger partial charge in [-0.1, -0.05) is 66.7 Å². The number of ether oxygens (including phenoxy) is 1. The maximum absolute atomic E-state index is 13.4. The zero-order valence-electron chi connectivity index (χ0n) is 18.4. The first-order valence-electron chi connectivity index (χ1n) is 11.0. The van der Waals surface area contributed by atoms with Crippen molar-refractivity contribution < 1.29 is 14.3 Å². The van der Waals surface area contributed by atoms with Gasteiger partial charge in [-0.15, -0.1) is 6.58 Å². The van der Waals surface area contributed by atoms with Gasteiger partial charge in [-0.2, -0.15) is 0 Å². The summed E-state index contributed by atoms with van der Waals surface area (Å²) in [5, 5.41) is 2.89. The monoisotopic (exact) mass is 441 g/mol. The number of aromatic nitrogens is 1. The van der Waals surface area contributed by atoms with Crippen LogP contribution in [0, 0.1) is 0 Å². The van der Waals surface area contributed by atoms with Crippen LogP contribution in [-0.4, -0.2) is 53.5 Å². The van der Waals surface area contributed by atoms with Gasteiger partial charge in [-0.3, -0.25) is 14.6 Å². The molecule has 2 aromatic carbocycles. The summed E-state index contributed by atoms with van der Waals surface area (Å²) in [5.41, 5.74) is 2.20. The molecule has 3 aromatic rings. The Labute approximate surface area is 193 Å². The molecule has 1 atom stereocenters. The van der Waals surface area contributed by atoms with Crippen molar-refractivity contribution in [1.82, 2.24) is 15.2 Å². The molecule has 0 bridgehead atoms. The molecule has 33 heavy (non-hydrogen) atoms. The predicted molar refractivity (Wildman–Crippen MR) is 128 cm³/mol. The van der Waals surface area contributed by atoms with Crippen molar-refractivity contribution in [3.05, 3.63) is 103 Å². The van der Waals surface area contributed by atoms with Crippen molar-refractivity contribution >= 4 is 11.8 Å². The molecule has 1 aromatic heterocycles. The average Bonchev–Trinajstić information content (AvgIpc) is 2.88. The Kier molecular flexibility index (Phi) is 6.95. The van der Waals surface area contributed by atoms with E-state index in [4.69, 9.17) is 4.74 Å². The second-order valence-electron chi connectivity index (χ2n) is 7.98. The van der Waals surface area contributed by atoms with E-state index in [9.17, 15) is 9.59 Å². The summed E-state index contributed by atoms with van der Waals surface area (Å²) in [6.45, 7) is 4.80. The third-order valence-electron chi connectivity index (χ3n) is 5.76. The smallest absolute Gasteiger partial charge is 0.272 e. The highest BCUT2D eigenvalue weighted by Crippen LogP contribution is 2.30. The third-order valence-corrected chi connectivity index (χ3v) is 5.76. The van der Waals surface area contributed by atoms with E-state index in [0.717, 1.165) is 16.7 Å². The second-order valence-corrected chi connectivity index (χ2v) is 7.98. The first-order valence-corrected chi connectivity index (χ1v) is 11.0. The third kappa shape index (κ3) is 5.02. The molecule has 1 aliphatic rings. The van der Waals surface area contributed by atoms with E-state index in [1.807, 2.05) is 54.6 Å². The van der Waals surface area contributed by atoms with Crippen molar-refractivity contribution in [2.75, 3.05) is 26.2 Å². The molecule has 2 heterocycles. The molecule has 0 aliphatic carbocycles. The van der Waals surface area contributed by atoms with E-state index in [-0.39, 0.29) is 25.0 Å². The van der Waals surface area contributed by atoms with Crippen LogP contribution in [-0.2, 0) is 16.0 Å². The van der Waals surface area contributed by atoms with E-state index in [1.54, 1.807) is 35.4 Å². The van der Waals surface area contributed by atoms with E-state index >= 15 is 0 Å². The lowest BCUT2D eigenvalue weighted by atomic mass is 9.87. The fourth-order valence-electron chi connectivity index (χ4n) is 4.14. The lowest BCUT2D eigenvalue weighted by molar-refractivity contribution is -0.157. The zero-order valence-corrected chi connectivity index (χ0v) is 18.4. The Bertz CT molecular complexity index is 1120. The molecule has 6 heteroatoms. The summed E-state index contributed by atoms with van der Waals surface area (Å²) >= 11 is 0. The maximum Gasteiger partial charge on any atom is 0.272 e. The minimum absolute atomic E-state index is 0.133. The number of nitrogens with zero attached hydrogens (tertiary/aromatic N) is 2. The highest BCUT2D eigenvalue weighted by atomic mass is 16.5. The molecule has 6 nitrogen and oxygen atoms in total. The number of amides is 2. The molecule has 4 rings (SSSR count). The van der Waals surface area contributed by atoms with Gasteiger partial charge < -0.3 is 15.0 Å². The van der Waals surface area contributed by atoms with Gasteiger partial charge in [0.15, 0.2) is 5.60 Å². The van der Waals surface area contributed by atoms with Crippen LogP contribution in [0.5, 0.6) is 0 Å². The SMILES string of the molecule is C=CCNC(=O)[C@@]1(Cc2ccccc2-c2ccccc2)CN(C(=O)c2ccccn2)CCO1. The Balaban J connectivity index is 1.68. The number of carbonyl (C=O) groups is 2. The van der Waals surface area contributed by atoms with Gasteiger partial charge in [0.05, 0.1) is 13.2 Å². The Morgan fingerprint density at radius 2 is 1.82 bits per heavy atom. The minimum atomic E-state index is -1.23. The number of carbonyl (C=O) groups excluding carboxylic acids is 2. The molecular formula is C27H27N3O3. The summed E-state index contributed by atoms with van der Waals surface area (Å²) < 4.78 is 6.17. The summed E-state index contributed by atoms with van der Waals surface area (Å²) in [6, 6.07) is 23.3. The standard InChI is InChI=1S/C27H27N3O3/c1-2-15-29-26(32)27(19-22-12-6-7-13-23(22)21-10-4-3-5-11-21)20-30(17-18-33-27)25(31)24-14-8-9-16-28-24/h2-14,16H,1,15,17-20H2,(H,29,32)/t27-/m1/s1. The topological polar surface area (TPSA) is 71.5 Å². The highest BCUT2D eigenvalue weighted by molar-refractivity contribution is 5.94.